The number of nitrogens with one attached hydrogen (secondary N) is 2. The molecule has 0 bridgehead atoms. The number of imidazole rings is 2. The largest absolute Gasteiger partial charge is 0.488 e. The highest BCUT2D eigenvalue weighted by atomic mass is 16.5. The number of carbonyl (C=O) groups excluding carboxylic acids is 2. The van der Waals surface area contributed by atoms with E-state index in [0.29, 0.717) is 26.0 Å². The monoisotopic (exact) mass is 672 g/mol. The van der Waals surface area contributed by atoms with Gasteiger partial charge in [0.05, 0.1) is 35.5 Å². The molecule has 50 heavy (non-hydrogen) atoms. The molecular formula is C41H48N6O3. The number of H-pyrrole nitrogens is 2. The summed E-state index contributed by atoms with van der Waals surface area (Å²) < 4.78 is 6.39. The van der Waals surface area contributed by atoms with Crippen LogP contribution in [0.25, 0.3) is 44.2 Å². The minimum absolute atomic E-state index is 0.00393. The van der Waals surface area contributed by atoms with Crippen LogP contribution < -0.4 is 4.74 Å². The molecule has 3 aromatic carbocycles. The van der Waals surface area contributed by atoms with Crippen molar-refractivity contribution in [3.63, 3.8) is 0 Å². The fourth-order valence-corrected chi connectivity index (χ4v) is 7.53. The number of hydrogen-bond donors (Lipinski definition) is 2. The molecule has 0 radical (unpaired) electrons. The Labute approximate surface area is 294 Å². The molecule has 0 aliphatic carbocycles. The first-order valence-electron chi connectivity index (χ1n) is 18.3. The Morgan fingerprint density at radius 3 is 2.74 bits per heavy atom. The summed E-state index contributed by atoms with van der Waals surface area (Å²) in [5, 5.41) is 2.14. The summed E-state index contributed by atoms with van der Waals surface area (Å²) in [6, 6.07) is 15.1. The zero-order valence-electron chi connectivity index (χ0n) is 29.6. The van der Waals surface area contributed by atoms with Gasteiger partial charge in [-0.15, -0.1) is 6.58 Å². The third kappa shape index (κ3) is 6.53. The van der Waals surface area contributed by atoms with Gasteiger partial charge in [0.1, 0.15) is 24.0 Å². The topological polar surface area (TPSA) is 107 Å². The second kappa shape index (κ2) is 14.5. The van der Waals surface area contributed by atoms with E-state index in [1.54, 1.807) is 0 Å². The summed E-state index contributed by atoms with van der Waals surface area (Å²) in [5.41, 5.74) is 7.15. The average molecular weight is 673 g/mol. The number of likely N-dealkylation sites (tertiary alicyclic amines) is 1. The maximum absolute atomic E-state index is 13.0. The molecule has 2 aliphatic heterocycles. The highest BCUT2D eigenvalue weighted by molar-refractivity contribution is 6.07. The van der Waals surface area contributed by atoms with E-state index >= 15 is 0 Å². The Hall–Kier alpha value is -4.92. The maximum atomic E-state index is 13.0. The smallest absolute Gasteiger partial charge is 0.223 e. The first-order valence-corrected chi connectivity index (χ1v) is 18.3. The van der Waals surface area contributed by atoms with E-state index in [1.807, 2.05) is 22.1 Å². The SMILES string of the molecule is C=CC[C@H](C)N(Cc1ncc(-c2ccc3c(c2)COc2cc4c(ccc5[nH]c(C6CCCN6C(=O)CCCC)nc54)cc2-3)[nH]1)C(=O)CCCC. The summed E-state index contributed by atoms with van der Waals surface area (Å²) in [6.07, 6.45) is 11.3. The van der Waals surface area contributed by atoms with Crippen LogP contribution in [0.4, 0.5) is 0 Å². The van der Waals surface area contributed by atoms with Gasteiger partial charge >= 0.3 is 0 Å². The number of aromatic amines is 2. The van der Waals surface area contributed by atoms with Crippen LogP contribution in [0.3, 0.4) is 0 Å². The second-order valence-electron chi connectivity index (χ2n) is 13.9. The standard InChI is InChI=1S/C41H48N6O3/c1-5-8-13-38(48)46-19-10-12-35(46)41-44-33-18-16-27-21-32-30-17-15-28(20-29(30)25-50-36(32)22-31(27)40(33)45-41)34-23-42-37(43-34)24-47(26(4)11-7-3)39(49)14-9-6-2/h7,15-18,20-23,26,35H,3,5-6,8-14,19,24-25H2,1-2,4H3,(H,42,43)(H,44,45)/t26-,35?/m0/s1. The maximum Gasteiger partial charge on any atom is 0.223 e. The molecule has 2 amide bonds. The van der Waals surface area contributed by atoms with Gasteiger partial charge < -0.3 is 24.5 Å². The lowest BCUT2D eigenvalue weighted by Gasteiger charge is -2.28. The Morgan fingerprint density at radius 1 is 1.08 bits per heavy atom. The van der Waals surface area contributed by atoms with Crippen LogP contribution in [-0.4, -0.2) is 54.1 Å². The van der Waals surface area contributed by atoms with Crippen molar-refractivity contribution in [3.05, 3.63) is 78.5 Å². The Balaban J connectivity index is 1.13. The van der Waals surface area contributed by atoms with Crippen LogP contribution in [0.5, 0.6) is 5.75 Å². The van der Waals surface area contributed by atoms with Crippen LogP contribution >= 0.6 is 0 Å². The molecule has 1 fully saturated rings. The number of fused-ring (bicyclic) bond motifs is 6. The average Bonchev–Trinajstić information content (AvgIpc) is 3.91. The van der Waals surface area contributed by atoms with E-state index in [2.05, 4.69) is 84.8 Å². The molecule has 5 aromatic rings. The van der Waals surface area contributed by atoms with Gasteiger partial charge in [-0.25, -0.2) is 9.97 Å². The molecule has 0 spiro atoms. The molecule has 9 nitrogen and oxygen atoms in total. The van der Waals surface area contributed by atoms with E-state index in [1.165, 1.54) is 0 Å². The first-order chi connectivity index (χ1) is 24.4. The summed E-state index contributed by atoms with van der Waals surface area (Å²) in [6.45, 7) is 11.9. The Kier molecular flexibility index (Phi) is 9.74. The van der Waals surface area contributed by atoms with E-state index in [4.69, 9.17) is 9.72 Å². The number of unbranched alkanes of at least 4 members (excludes halogenated alkanes) is 2. The molecule has 2 atom stereocenters. The quantitative estimate of drug-likeness (QED) is 0.121. The number of amides is 2. The number of rotatable bonds is 13. The number of ether oxygens (including phenoxy) is 1. The molecule has 1 saturated heterocycles. The van der Waals surface area contributed by atoms with Crippen LogP contribution in [-0.2, 0) is 22.7 Å². The molecule has 9 heteroatoms. The predicted octanol–water partition coefficient (Wildman–Crippen LogP) is 9.00. The molecule has 4 heterocycles. The van der Waals surface area contributed by atoms with E-state index < -0.39 is 0 Å². The molecule has 2 N–H and O–H groups in total. The van der Waals surface area contributed by atoms with Gasteiger partial charge in [-0.05, 0) is 85.4 Å². The van der Waals surface area contributed by atoms with Crippen molar-refractivity contribution >= 4 is 33.6 Å². The molecule has 0 saturated carbocycles. The first kappa shape index (κ1) is 33.6. The van der Waals surface area contributed by atoms with Crippen molar-refractivity contribution in [3.8, 4) is 28.1 Å². The molecule has 260 valence electrons. The highest BCUT2D eigenvalue weighted by Gasteiger charge is 2.32. The van der Waals surface area contributed by atoms with Crippen molar-refractivity contribution < 1.29 is 14.3 Å². The molecular weight excluding hydrogens is 624 g/mol. The molecule has 2 aliphatic rings. The third-order valence-electron chi connectivity index (χ3n) is 10.4. The zero-order valence-corrected chi connectivity index (χ0v) is 29.6. The lowest BCUT2D eigenvalue weighted by atomic mass is 9.92. The summed E-state index contributed by atoms with van der Waals surface area (Å²) in [4.78, 5) is 46.7. The second-order valence-corrected chi connectivity index (χ2v) is 13.9. The van der Waals surface area contributed by atoms with Crippen LogP contribution in [0.1, 0.15) is 102 Å². The van der Waals surface area contributed by atoms with Crippen molar-refractivity contribution in [1.29, 1.82) is 0 Å². The number of carbonyl (C=O) groups is 2. The van der Waals surface area contributed by atoms with Crippen LogP contribution in [0.2, 0.25) is 0 Å². The zero-order chi connectivity index (χ0) is 34.8. The van der Waals surface area contributed by atoms with E-state index in [9.17, 15) is 9.59 Å². The van der Waals surface area contributed by atoms with Gasteiger partial charge in [-0.1, -0.05) is 51.0 Å². The van der Waals surface area contributed by atoms with Crippen molar-refractivity contribution in [1.82, 2.24) is 29.7 Å². The van der Waals surface area contributed by atoms with Crippen LogP contribution in [0, 0.1) is 0 Å². The number of benzene rings is 3. The van der Waals surface area contributed by atoms with Crippen molar-refractivity contribution in [2.45, 2.75) is 104 Å². The minimum atomic E-state index is -0.00393. The fraction of sp³-hybridized carbons (Fsp3) is 0.415. The summed E-state index contributed by atoms with van der Waals surface area (Å²) in [7, 11) is 0. The molecule has 2 aromatic heterocycles. The van der Waals surface area contributed by atoms with Gasteiger partial charge in [0, 0.05) is 36.4 Å². The number of aromatic nitrogens is 4. The van der Waals surface area contributed by atoms with Gasteiger partial charge in [0.15, 0.2) is 0 Å². The van der Waals surface area contributed by atoms with E-state index in [0.717, 1.165) is 119 Å². The summed E-state index contributed by atoms with van der Waals surface area (Å²) in [5.74, 6) is 2.86. The molecule has 1 unspecified atom stereocenters. The predicted molar refractivity (Wildman–Crippen MR) is 199 cm³/mol. The van der Waals surface area contributed by atoms with Crippen LogP contribution in [0.15, 0.2) is 61.3 Å². The van der Waals surface area contributed by atoms with Gasteiger partial charge in [-0.3, -0.25) is 9.59 Å². The number of nitrogens with zero attached hydrogens (tertiary/aromatic N) is 4. The van der Waals surface area contributed by atoms with Crippen molar-refractivity contribution in [2.24, 2.45) is 0 Å². The molecule has 7 rings (SSSR count). The van der Waals surface area contributed by atoms with Gasteiger partial charge in [-0.2, -0.15) is 0 Å². The Bertz CT molecular complexity index is 2040. The Morgan fingerprint density at radius 2 is 1.92 bits per heavy atom. The van der Waals surface area contributed by atoms with Crippen molar-refractivity contribution in [2.75, 3.05) is 6.54 Å². The summed E-state index contributed by atoms with van der Waals surface area (Å²) >= 11 is 0. The lowest BCUT2D eigenvalue weighted by molar-refractivity contribution is -0.134. The van der Waals surface area contributed by atoms with Gasteiger partial charge in [0.2, 0.25) is 11.8 Å². The third-order valence-corrected chi connectivity index (χ3v) is 10.4. The fourth-order valence-electron chi connectivity index (χ4n) is 7.53. The number of hydrogen-bond acceptors (Lipinski definition) is 5. The normalized spacial score (nSPS) is 15.9. The minimum Gasteiger partial charge on any atom is -0.488 e. The highest BCUT2D eigenvalue weighted by Crippen LogP contribution is 2.43. The van der Waals surface area contributed by atoms with Gasteiger partial charge in [0.25, 0.3) is 0 Å². The lowest BCUT2D eigenvalue weighted by Crippen LogP contribution is -2.38. The van der Waals surface area contributed by atoms with E-state index in [-0.39, 0.29) is 23.9 Å².